The van der Waals surface area contributed by atoms with Crippen molar-refractivity contribution in [1.29, 1.82) is 0 Å². The highest BCUT2D eigenvalue weighted by Gasteiger charge is 2.18. The lowest BCUT2D eigenvalue weighted by Crippen LogP contribution is -2.14. The van der Waals surface area contributed by atoms with E-state index in [1.54, 1.807) is 12.3 Å². The minimum atomic E-state index is -0.778. The van der Waals surface area contributed by atoms with Crippen LogP contribution in [0.25, 0.3) is 0 Å². The van der Waals surface area contributed by atoms with E-state index in [1.807, 2.05) is 0 Å². The van der Waals surface area contributed by atoms with Crippen LogP contribution in [0.3, 0.4) is 0 Å². The number of aromatic nitrogens is 1. The minimum Gasteiger partial charge on any atom is -0.466 e. The maximum Gasteiger partial charge on any atom is 0.311 e. The Morgan fingerprint density at radius 2 is 2.14 bits per heavy atom. The Kier molecular flexibility index (Phi) is 7.46. The fourth-order valence-electron chi connectivity index (χ4n) is 2.04. The van der Waals surface area contributed by atoms with Gasteiger partial charge in [-0.05, 0) is 19.1 Å². The predicted octanol–water partition coefficient (Wildman–Crippen LogP) is 1.99. The van der Waals surface area contributed by atoms with E-state index in [2.05, 4.69) is 10.3 Å². The summed E-state index contributed by atoms with van der Waals surface area (Å²) in [6.07, 6.45) is 0.00731. The second kappa shape index (κ2) is 9.80. The molecule has 0 spiro atoms. The van der Waals surface area contributed by atoms with Gasteiger partial charge in [-0.1, -0.05) is 0 Å². The number of nitrogens with zero attached hydrogens (tertiary/aromatic N) is 2. The summed E-state index contributed by atoms with van der Waals surface area (Å²) in [4.78, 5) is 49.5. The summed E-state index contributed by atoms with van der Waals surface area (Å²) in [5.41, 5.74) is 5.30. The number of thioether (sulfide) groups is 1. The van der Waals surface area contributed by atoms with E-state index in [0.29, 0.717) is 10.8 Å². The lowest BCUT2D eigenvalue weighted by Gasteiger charge is -2.04. The molecule has 10 nitrogen and oxygen atoms in total. The molecule has 2 amide bonds. The zero-order chi connectivity index (χ0) is 20.7. The Bertz CT molecular complexity index is 914. The van der Waals surface area contributed by atoms with Crippen LogP contribution < -0.4 is 11.1 Å². The molecule has 1 heterocycles. The number of benzene rings is 1. The lowest BCUT2D eigenvalue weighted by molar-refractivity contribution is -0.387. The first-order chi connectivity index (χ1) is 13.3. The van der Waals surface area contributed by atoms with Gasteiger partial charge in [-0.3, -0.25) is 24.5 Å². The van der Waals surface area contributed by atoms with Gasteiger partial charge in [0.2, 0.25) is 11.8 Å². The summed E-state index contributed by atoms with van der Waals surface area (Å²) < 4.78 is 4.83. The zero-order valence-corrected chi connectivity index (χ0v) is 16.3. The van der Waals surface area contributed by atoms with E-state index < -0.39 is 22.7 Å². The van der Waals surface area contributed by atoms with Crippen molar-refractivity contribution in [3.05, 3.63) is 45.0 Å². The summed E-state index contributed by atoms with van der Waals surface area (Å²) >= 11 is 2.10. The molecular formula is C16H16N4O6S2. The third-order valence-corrected chi connectivity index (χ3v) is 5.10. The average molecular weight is 424 g/mol. The van der Waals surface area contributed by atoms with Crippen LogP contribution in [-0.2, 0) is 20.7 Å². The van der Waals surface area contributed by atoms with Gasteiger partial charge in [-0.25, -0.2) is 4.98 Å². The minimum absolute atomic E-state index is 0.00731. The van der Waals surface area contributed by atoms with Crippen LogP contribution in [-0.4, -0.2) is 40.1 Å². The number of carbonyl (C=O) groups excluding carboxylic acids is 3. The van der Waals surface area contributed by atoms with Crippen molar-refractivity contribution in [2.45, 2.75) is 18.2 Å². The van der Waals surface area contributed by atoms with Crippen molar-refractivity contribution in [2.24, 2.45) is 5.73 Å². The van der Waals surface area contributed by atoms with E-state index in [4.69, 9.17) is 10.5 Å². The first kappa shape index (κ1) is 21.3. The number of carbonyl (C=O) groups is 3. The molecule has 0 atom stereocenters. The number of esters is 1. The third kappa shape index (κ3) is 6.03. The van der Waals surface area contributed by atoms with Crippen LogP contribution in [0, 0.1) is 10.1 Å². The van der Waals surface area contributed by atoms with Gasteiger partial charge >= 0.3 is 5.97 Å². The summed E-state index contributed by atoms with van der Waals surface area (Å²) in [6.45, 7) is 1.98. The number of nitro groups is 1. The molecule has 148 valence electrons. The van der Waals surface area contributed by atoms with E-state index in [-0.39, 0.29) is 34.9 Å². The Balaban J connectivity index is 1.96. The van der Waals surface area contributed by atoms with Crippen LogP contribution in [0.15, 0.2) is 28.5 Å². The first-order valence-electron chi connectivity index (χ1n) is 7.91. The molecule has 28 heavy (non-hydrogen) atoms. The normalized spacial score (nSPS) is 10.3. The monoisotopic (exact) mass is 424 g/mol. The van der Waals surface area contributed by atoms with Crippen molar-refractivity contribution in [2.75, 3.05) is 17.7 Å². The number of primary amides is 1. The van der Waals surface area contributed by atoms with Crippen LogP contribution >= 0.6 is 23.1 Å². The van der Waals surface area contributed by atoms with E-state index >= 15 is 0 Å². The number of ether oxygens (including phenoxy) is 1. The quantitative estimate of drug-likeness (QED) is 0.268. The van der Waals surface area contributed by atoms with Gasteiger partial charge in [0.25, 0.3) is 5.69 Å². The number of nitrogens with one attached hydrogen (secondary N) is 1. The Morgan fingerprint density at radius 1 is 1.39 bits per heavy atom. The smallest absolute Gasteiger partial charge is 0.311 e. The van der Waals surface area contributed by atoms with Crippen molar-refractivity contribution in [3.63, 3.8) is 0 Å². The molecule has 0 saturated carbocycles. The van der Waals surface area contributed by atoms with Gasteiger partial charge in [0.15, 0.2) is 5.13 Å². The zero-order valence-electron chi connectivity index (χ0n) is 14.7. The summed E-state index contributed by atoms with van der Waals surface area (Å²) in [7, 11) is 0. The maximum atomic E-state index is 12.1. The molecule has 0 radical (unpaired) electrons. The highest BCUT2D eigenvalue weighted by atomic mass is 32.2. The van der Waals surface area contributed by atoms with Gasteiger partial charge in [0.05, 0.1) is 34.3 Å². The number of rotatable bonds is 9. The first-order valence-corrected chi connectivity index (χ1v) is 9.77. The molecule has 12 heteroatoms. The molecule has 0 fully saturated rings. The van der Waals surface area contributed by atoms with Gasteiger partial charge < -0.3 is 15.8 Å². The Labute approximate surface area is 167 Å². The fourth-order valence-corrected chi connectivity index (χ4v) is 3.57. The van der Waals surface area contributed by atoms with Gasteiger partial charge in [0, 0.05) is 17.0 Å². The maximum absolute atomic E-state index is 12.1. The molecule has 2 aromatic rings. The Morgan fingerprint density at radius 3 is 2.79 bits per heavy atom. The lowest BCUT2D eigenvalue weighted by atomic mass is 10.2. The Hall–Kier alpha value is -2.99. The molecule has 0 aliphatic carbocycles. The highest BCUT2D eigenvalue weighted by molar-refractivity contribution is 8.00. The second-order valence-electron chi connectivity index (χ2n) is 5.27. The standard InChI is InChI=1S/C16H16N4O6S2/c1-2-26-14(22)6-10-7-28-16(18-10)19-13(21)8-27-12-4-3-9(15(17)23)5-11(12)20(24)25/h3-5,7H,2,6,8H2,1H3,(H2,17,23)(H,18,19,21). The van der Waals surface area contributed by atoms with Gasteiger partial charge in [-0.15, -0.1) is 23.1 Å². The molecule has 2 rings (SSSR count). The largest absolute Gasteiger partial charge is 0.466 e. The molecule has 0 unspecified atom stereocenters. The SMILES string of the molecule is CCOC(=O)Cc1csc(NC(=O)CSc2ccc(C(N)=O)cc2[N+](=O)[O-])n1. The number of hydrogen-bond acceptors (Lipinski definition) is 9. The number of amides is 2. The van der Waals surface area contributed by atoms with Gasteiger partial charge in [0.1, 0.15) is 0 Å². The average Bonchev–Trinajstić information content (AvgIpc) is 3.06. The summed E-state index contributed by atoms with van der Waals surface area (Å²) in [6, 6.07) is 3.81. The van der Waals surface area contributed by atoms with Crippen LogP contribution in [0.5, 0.6) is 0 Å². The van der Waals surface area contributed by atoms with Crippen LogP contribution in [0.4, 0.5) is 10.8 Å². The second-order valence-corrected chi connectivity index (χ2v) is 7.14. The molecular weight excluding hydrogens is 408 g/mol. The van der Waals surface area contributed by atoms with E-state index in [9.17, 15) is 24.5 Å². The number of nitrogens with two attached hydrogens (primary N) is 1. The number of thiazole rings is 1. The molecule has 1 aromatic carbocycles. The topological polar surface area (TPSA) is 155 Å². The van der Waals surface area contributed by atoms with Crippen molar-refractivity contribution < 1.29 is 24.0 Å². The van der Waals surface area contributed by atoms with Crippen molar-refractivity contribution in [1.82, 2.24) is 4.98 Å². The summed E-state index contributed by atoms with van der Waals surface area (Å²) in [5, 5.41) is 15.7. The third-order valence-electron chi connectivity index (χ3n) is 3.23. The predicted molar refractivity (Wildman–Crippen MR) is 103 cm³/mol. The molecule has 0 aliphatic heterocycles. The van der Waals surface area contributed by atoms with E-state index in [0.717, 1.165) is 29.2 Å². The summed E-state index contributed by atoms with van der Waals surface area (Å²) in [5.74, 6) is -1.72. The fraction of sp³-hybridized carbons (Fsp3) is 0.250. The van der Waals surface area contributed by atoms with Crippen molar-refractivity contribution in [3.8, 4) is 0 Å². The molecule has 0 bridgehead atoms. The van der Waals surface area contributed by atoms with E-state index in [1.165, 1.54) is 12.1 Å². The molecule has 1 aromatic heterocycles. The highest BCUT2D eigenvalue weighted by Crippen LogP contribution is 2.30. The van der Waals surface area contributed by atoms with Gasteiger partial charge in [-0.2, -0.15) is 0 Å². The number of anilines is 1. The molecule has 0 aliphatic rings. The number of hydrogen-bond donors (Lipinski definition) is 2. The van der Waals surface area contributed by atoms with Crippen LogP contribution in [0.2, 0.25) is 0 Å². The van der Waals surface area contributed by atoms with Crippen molar-refractivity contribution >= 4 is 51.7 Å². The number of nitro benzene ring substituents is 1. The molecule has 3 N–H and O–H groups in total. The van der Waals surface area contributed by atoms with Crippen LogP contribution in [0.1, 0.15) is 23.0 Å². The molecule has 0 saturated heterocycles.